The quantitative estimate of drug-likeness (QED) is 0.663. The van der Waals surface area contributed by atoms with Crippen LogP contribution in [-0.2, 0) is 13.5 Å². The Morgan fingerprint density at radius 2 is 2.40 bits per heavy atom. The first kappa shape index (κ1) is 7.12. The molecular formula is C7H13N3. The fraction of sp³-hybridized carbons (Fsp3) is 0.571. The SMILES string of the molecule is CCc1cnn(C)c1NC. The average Bonchev–Trinajstić information content (AvgIpc) is 2.30. The Kier molecular flexibility index (Phi) is 1.94. The van der Waals surface area contributed by atoms with E-state index in [4.69, 9.17) is 0 Å². The van der Waals surface area contributed by atoms with E-state index < -0.39 is 0 Å². The second-order valence-electron chi connectivity index (χ2n) is 2.25. The van der Waals surface area contributed by atoms with Crippen LogP contribution in [0.3, 0.4) is 0 Å². The number of nitrogens with one attached hydrogen (secondary N) is 1. The topological polar surface area (TPSA) is 29.9 Å². The highest BCUT2D eigenvalue weighted by atomic mass is 15.3. The molecule has 1 aromatic heterocycles. The van der Waals surface area contributed by atoms with Crippen LogP contribution in [0.25, 0.3) is 0 Å². The molecular weight excluding hydrogens is 126 g/mol. The summed E-state index contributed by atoms with van der Waals surface area (Å²) in [7, 11) is 3.85. The van der Waals surface area contributed by atoms with Gasteiger partial charge in [-0.25, -0.2) is 0 Å². The number of anilines is 1. The van der Waals surface area contributed by atoms with E-state index in [0.29, 0.717) is 0 Å². The van der Waals surface area contributed by atoms with Crippen LogP contribution >= 0.6 is 0 Å². The van der Waals surface area contributed by atoms with Crippen LogP contribution in [0.1, 0.15) is 12.5 Å². The molecule has 0 atom stereocenters. The smallest absolute Gasteiger partial charge is 0.126 e. The lowest BCUT2D eigenvalue weighted by molar-refractivity contribution is 0.774. The first-order valence-electron chi connectivity index (χ1n) is 3.48. The summed E-state index contributed by atoms with van der Waals surface area (Å²) in [6, 6.07) is 0. The van der Waals surface area contributed by atoms with Crippen LogP contribution < -0.4 is 5.32 Å². The summed E-state index contributed by atoms with van der Waals surface area (Å²) in [4.78, 5) is 0. The first-order valence-corrected chi connectivity index (χ1v) is 3.48. The number of nitrogens with zero attached hydrogens (tertiary/aromatic N) is 2. The van der Waals surface area contributed by atoms with Gasteiger partial charge >= 0.3 is 0 Å². The molecule has 1 aromatic rings. The van der Waals surface area contributed by atoms with Gasteiger partial charge in [-0.1, -0.05) is 6.92 Å². The normalized spacial score (nSPS) is 9.90. The van der Waals surface area contributed by atoms with E-state index in [2.05, 4.69) is 17.3 Å². The minimum Gasteiger partial charge on any atom is -0.373 e. The molecule has 0 fully saturated rings. The van der Waals surface area contributed by atoms with E-state index in [0.717, 1.165) is 12.2 Å². The van der Waals surface area contributed by atoms with Crippen LogP contribution in [0.4, 0.5) is 5.82 Å². The molecule has 56 valence electrons. The zero-order valence-electron chi connectivity index (χ0n) is 6.68. The van der Waals surface area contributed by atoms with Crippen molar-refractivity contribution in [2.24, 2.45) is 7.05 Å². The highest BCUT2D eigenvalue weighted by Crippen LogP contribution is 2.12. The molecule has 3 heteroatoms. The summed E-state index contributed by atoms with van der Waals surface area (Å²) in [5.74, 6) is 1.11. The molecule has 0 aliphatic rings. The van der Waals surface area contributed by atoms with E-state index in [-0.39, 0.29) is 0 Å². The van der Waals surface area contributed by atoms with Crippen LogP contribution in [0.2, 0.25) is 0 Å². The predicted molar refractivity (Wildman–Crippen MR) is 42.1 cm³/mol. The fourth-order valence-electron chi connectivity index (χ4n) is 1.06. The fourth-order valence-corrected chi connectivity index (χ4v) is 1.06. The predicted octanol–water partition coefficient (Wildman–Crippen LogP) is 1.02. The third kappa shape index (κ3) is 0.988. The molecule has 0 aliphatic heterocycles. The molecule has 0 aliphatic carbocycles. The van der Waals surface area contributed by atoms with Gasteiger partial charge in [-0.3, -0.25) is 4.68 Å². The third-order valence-electron chi connectivity index (χ3n) is 1.63. The zero-order valence-corrected chi connectivity index (χ0v) is 6.68. The lowest BCUT2D eigenvalue weighted by Gasteiger charge is -2.01. The van der Waals surface area contributed by atoms with Gasteiger partial charge in [-0.05, 0) is 6.42 Å². The minimum absolute atomic E-state index is 1.03. The van der Waals surface area contributed by atoms with E-state index in [1.165, 1.54) is 5.56 Å². The van der Waals surface area contributed by atoms with Gasteiger partial charge in [-0.2, -0.15) is 5.10 Å². The monoisotopic (exact) mass is 139 g/mol. The maximum Gasteiger partial charge on any atom is 0.126 e. The van der Waals surface area contributed by atoms with Gasteiger partial charge in [-0.15, -0.1) is 0 Å². The van der Waals surface area contributed by atoms with Gasteiger partial charge in [0.05, 0.1) is 6.20 Å². The van der Waals surface area contributed by atoms with Gasteiger partial charge in [0, 0.05) is 19.7 Å². The summed E-state index contributed by atoms with van der Waals surface area (Å²) < 4.78 is 1.85. The Morgan fingerprint density at radius 1 is 1.70 bits per heavy atom. The average molecular weight is 139 g/mol. The number of rotatable bonds is 2. The van der Waals surface area contributed by atoms with Crippen molar-refractivity contribution in [3.8, 4) is 0 Å². The van der Waals surface area contributed by atoms with Crippen molar-refractivity contribution in [3.63, 3.8) is 0 Å². The summed E-state index contributed by atoms with van der Waals surface area (Å²) in [5.41, 5.74) is 1.27. The zero-order chi connectivity index (χ0) is 7.56. The third-order valence-corrected chi connectivity index (χ3v) is 1.63. The van der Waals surface area contributed by atoms with Crippen LogP contribution in [0.5, 0.6) is 0 Å². The van der Waals surface area contributed by atoms with Gasteiger partial charge in [0.1, 0.15) is 5.82 Å². The summed E-state index contributed by atoms with van der Waals surface area (Å²) >= 11 is 0. The van der Waals surface area contributed by atoms with Gasteiger partial charge in [0.2, 0.25) is 0 Å². The molecule has 1 N–H and O–H groups in total. The Labute approximate surface area is 61.0 Å². The Hall–Kier alpha value is -0.990. The first-order chi connectivity index (χ1) is 4.79. The van der Waals surface area contributed by atoms with Crippen LogP contribution in [0.15, 0.2) is 6.20 Å². The van der Waals surface area contributed by atoms with E-state index in [1.54, 1.807) is 0 Å². The second-order valence-corrected chi connectivity index (χ2v) is 2.25. The van der Waals surface area contributed by atoms with Crippen LogP contribution in [0, 0.1) is 0 Å². The Bertz CT molecular complexity index is 215. The van der Waals surface area contributed by atoms with E-state index in [1.807, 2.05) is 25.0 Å². The number of hydrogen-bond donors (Lipinski definition) is 1. The molecule has 1 heterocycles. The molecule has 0 radical (unpaired) electrons. The molecule has 0 amide bonds. The van der Waals surface area contributed by atoms with Crippen molar-refractivity contribution in [1.29, 1.82) is 0 Å². The van der Waals surface area contributed by atoms with Gasteiger partial charge < -0.3 is 5.32 Å². The molecule has 0 saturated carbocycles. The molecule has 1 rings (SSSR count). The van der Waals surface area contributed by atoms with Crippen molar-refractivity contribution >= 4 is 5.82 Å². The lowest BCUT2D eigenvalue weighted by Crippen LogP contribution is -1.99. The van der Waals surface area contributed by atoms with Crippen molar-refractivity contribution in [2.75, 3.05) is 12.4 Å². The minimum atomic E-state index is 1.03. The van der Waals surface area contributed by atoms with Crippen molar-refractivity contribution < 1.29 is 0 Å². The highest BCUT2D eigenvalue weighted by Gasteiger charge is 2.02. The molecule has 0 bridgehead atoms. The van der Waals surface area contributed by atoms with Gasteiger partial charge in [0.15, 0.2) is 0 Å². The van der Waals surface area contributed by atoms with Gasteiger partial charge in [0.25, 0.3) is 0 Å². The largest absolute Gasteiger partial charge is 0.373 e. The number of hydrogen-bond acceptors (Lipinski definition) is 2. The Morgan fingerprint density at radius 3 is 2.80 bits per heavy atom. The van der Waals surface area contributed by atoms with Crippen molar-refractivity contribution in [1.82, 2.24) is 9.78 Å². The lowest BCUT2D eigenvalue weighted by atomic mass is 10.2. The van der Waals surface area contributed by atoms with E-state index >= 15 is 0 Å². The Balaban J connectivity index is 3.01. The standard InChI is InChI=1S/C7H13N3/c1-4-6-5-9-10(3)7(6)8-2/h5,8H,4H2,1-3H3. The van der Waals surface area contributed by atoms with Crippen molar-refractivity contribution in [3.05, 3.63) is 11.8 Å². The van der Waals surface area contributed by atoms with Crippen LogP contribution in [-0.4, -0.2) is 16.8 Å². The molecule has 0 saturated heterocycles. The molecule has 3 nitrogen and oxygen atoms in total. The molecule has 0 aromatic carbocycles. The second kappa shape index (κ2) is 2.73. The number of aromatic nitrogens is 2. The van der Waals surface area contributed by atoms with Crippen molar-refractivity contribution in [2.45, 2.75) is 13.3 Å². The molecule has 0 spiro atoms. The summed E-state index contributed by atoms with van der Waals surface area (Å²) in [6.45, 7) is 2.12. The summed E-state index contributed by atoms with van der Waals surface area (Å²) in [5, 5.41) is 7.21. The maximum atomic E-state index is 4.11. The highest BCUT2D eigenvalue weighted by molar-refractivity contribution is 5.42. The number of aryl methyl sites for hydroxylation is 2. The molecule has 0 unspecified atom stereocenters. The van der Waals surface area contributed by atoms with E-state index in [9.17, 15) is 0 Å². The summed E-state index contributed by atoms with van der Waals surface area (Å²) in [6.07, 6.45) is 2.93. The molecule has 10 heavy (non-hydrogen) atoms. The maximum absolute atomic E-state index is 4.11.